The lowest BCUT2D eigenvalue weighted by Crippen LogP contribution is -2.39. The number of carbonyl (C=O) groups excluding carboxylic acids is 4. The van der Waals surface area contributed by atoms with E-state index < -0.39 is 5.91 Å². The second-order valence-electron chi connectivity index (χ2n) is 12.6. The third kappa shape index (κ3) is 8.49. The topological polar surface area (TPSA) is 154 Å². The molecule has 2 saturated carbocycles. The first-order chi connectivity index (χ1) is 20.2. The van der Waals surface area contributed by atoms with Gasteiger partial charge in [-0.15, -0.1) is 0 Å². The minimum Gasteiger partial charge on any atom is -0.366 e. The number of hydrogen-bond acceptors (Lipinski definition) is 5. The highest BCUT2D eigenvalue weighted by atomic mass is 16.2. The van der Waals surface area contributed by atoms with E-state index in [2.05, 4.69) is 53.9 Å². The van der Waals surface area contributed by atoms with Crippen LogP contribution in [0.15, 0.2) is 54.0 Å². The summed E-state index contributed by atoms with van der Waals surface area (Å²) in [5.41, 5.74) is 8.08. The average Bonchev–Trinajstić information content (AvgIpc) is 3.23. The van der Waals surface area contributed by atoms with Crippen molar-refractivity contribution in [2.24, 2.45) is 28.4 Å². The fourth-order valence-corrected chi connectivity index (χ4v) is 6.01. The molecule has 0 spiro atoms. The fourth-order valence-electron chi connectivity index (χ4n) is 6.01. The van der Waals surface area contributed by atoms with Crippen LogP contribution in [0.1, 0.15) is 78.7 Å². The Balaban J connectivity index is 1.27. The van der Waals surface area contributed by atoms with Gasteiger partial charge in [0.1, 0.15) is 5.82 Å². The molecule has 2 bridgehead atoms. The van der Waals surface area contributed by atoms with Gasteiger partial charge >= 0.3 is 12.1 Å². The Morgan fingerprint density at radius 1 is 0.977 bits per heavy atom. The van der Waals surface area contributed by atoms with Gasteiger partial charge in [-0.1, -0.05) is 66.2 Å². The molecule has 0 heterocycles. The molecule has 0 aliphatic heterocycles. The van der Waals surface area contributed by atoms with Crippen molar-refractivity contribution in [3.63, 3.8) is 0 Å². The minimum absolute atomic E-state index is 0.00601. The number of nitrogens with two attached hydrogens (primary N) is 1. The van der Waals surface area contributed by atoms with Crippen molar-refractivity contribution < 1.29 is 19.2 Å². The van der Waals surface area contributed by atoms with Gasteiger partial charge < -0.3 is 27.0 Å². The summed E-state index contributed by atoms with van der Waals surface area (Å²) < 4.78 is 0. The van der Waals surface area contributed by atoms with Gasteiger partial charge in [-0.3, -0.25) is 14.9 Å². The van der Waals surface area contributed by atoms with Gasteiger partial charge in [-0.25, -0.2) is 9.59 Å². The van der Waals surface area contributed by atoms with E-state index in [1.165, 1.54) is 6.08 Å². The van der Waals surface area contributed by atoms with Crippen LogP contribution in [0, 0.1) is 22.7 Å². The monoisotopic (exact) mass is 592 g/mol. The van der Waals surface area contributed by atoms with Crippen molar-refractivity contribution in [1.82, 2.24) is 21.3 Å². The second kappa shape index (κ2) is 14.4. The molecule has 2 atom stereocenters. The zero-order chi connectivity index (χ0) is 31.8. The zero-order valence-electron chi connectivity index (χ0n) is 26.2. The molecular weight excluding hydrogens is 544 g/mol. The molecule has 3 rings (SSSR count). The molecule has 7 N–H and O–H groups in total. The first-order valence-corrected chi connectivity index (χ1v) is 15.2. The Hall–Kier alpha value is -4.08. The van der Waals surface area contributed by atoms with E-state index >= 15 is 0 Å². The van der Waals surface area contributed by atoms with Crippen LogP contribution in [0.5, 0.6) is 0 Å². The number of fused-ring (bicyclic) bond motifs is 2. The van der Waals surface area contributed by atoms with E-state index in [1.54, 1.807) is 0 Å². The summed E-state index contributed by atoms with van der Waals surface area (Å²) in [7, 11) is 0. The normalized spacial score (nSPS) is 21.5. The molecule has 0 radical (unpaired) electrons. The maximum absolute atomic E-state index is 13.1. The predicted molar refractivity (Wildman–Crippen MR) is 170 cm³/mol. The summed E-state index contributed by atoms with van der Waals surface area (Å²) in [5, 5.41) is 14.0. The smallest absolute Gasteiger partial charge is 0.320 e. The molecule has 1 aromatic carbocycles. The van der Waals surface area contributed by atoms with E-state index in [9.17, 15) is 19.2 Å². The van der Waals surface area contributed by atoms with Crippen LogP contribution in [-0.2, 0) is 9.59 Å². The van der Waals surface area contributed by atoms with Crippen LogP contribution in [0.2, 0.25) is 0 Å². The summed E-state index contributed by atoms with van der Waals surface area (Å²) in [6, 6.07) is 6.92. The lowest BCUT2D eigenvalue weighted by Gasteiger charge is -2.31. The first kappa shape index (κ1) is 33.4. The summed E-state index contributed by atoms with van der Waals surface area (Å²) in [5.74, 6) is 0.264. The minimum atomic E-state index is -0.577. The van der Waals surface area contributed by atoms with Crippen LogP contribution in [0.3, 0.4) is 0 Å². The Bertz CT molecular complexity index is 1280. The highest BCUT2D eigenvalue weighted by Gasteiger charge is 2.63. The molecular formula is C33H48N6O4. The number of urea groups is 2. The number of unbranched alkanes of at least 4 members (excludes halogenated alkanes) is 3. The van der Waals surface area contributed by atoms with Crippen molar-refractivity contribution in [3.05, 3.63) is 59.6 Å². The molecule has 2 aliphatic carbocycles. The van der Waals surface area contributed by atoms with E-state index in [4.69, 9.17) is 5.73 Å². The largest absolute Gasteiger partial charge is 0.366 e. The first-order valence-electron chi connectivity index (χ1n) is 15.2. The van der Waals surface area contributed by atoms with Crippen LogP contribution in [0.25, 0.3) is 6.08 Å². The van der Waals surface area contributed by atoms with E-state index in [0.29, 0.717) is 30.4 Å². The van der Waals surface area contributed by atoms with Crippen LogP contribution >= 0.6 is 0 Å². The molecule has 0 saturated heterocycles. The van der Waals surface area contributed by atoms with E-state index in [1.807, 2.05) is 44.2 Å². The van der Waals surface area contributed by atoms with E-state index in [0.717, 1.165) is 49.7 Å². The predicted octanol–water partition coefficient (Wildman–Crippen LogP) is 5.16. The standard InChI is InChI=1S/C33H48N6O4/c1-21(2)27(20-28(34)40)37-22(3)38-30(42)35-17-9-7-8-10-18-36-31(43)39-24-13-11-23(12-14-24)19-25-26-15-16-33(6,29(25)41)32(26,4)5/h11-14,19-21,26,37H,3,7-10,15-18H2,1-2,4-6H3,(H2,34,40)(H2,35,38,42)(H2,36,39,43)/b25-19+,27-20-. The second-order valence-corrected chi connectivity index (χ2v) is 12.6. The highest BCUT2D eigenvalue weighted by molar-refractivity contribution is 6.08. The number of nitrogens with one attached hydrogen (secondary N) is 5. The fraction of sp³-hybridized carbons (Fsp3) is 0.515. The summed E-state index contributed by atoms with van der Waals surface area (Å²) in [6.45, 7) is 15.1. The molecule has 2 unspecified atom stereocenters. The van der Waals surface area contributed by atoms with Crippen molar-refractivity contribution in [2.75, 3.05) is 18.4 Å². The lowest BCUT2D eigenvalue weighted by atomic mass is 9.70. The van der Waals surface area contributed by atoms with Crippen LogP contribution in [0.4, 0.5) is 15.3 Å². The number of Topliss-reactive ketones (excluding diaryl/α,β-unsaturated/α-hetero) is 1. The van der Waals surface area contributed by atoms with Gasteiger partial charge in [0.25, 0.3) is 0 Å². The van der Waals surface area contributed by atoms with Gasteiger partial charge in [0.05, 0.1) is 0 Å². The number of rotatable bonds is 14. The number of allylic oxidation sites excluding steroid dienone is 2. The average molecular weight is 593 g/mol. The van der Waals surface area contributed by atoms with Crippen molar-refractivity contribution in [1.29, 1.82) is 0 Å². The number of primary amides is 1. The summed E-state index contributed by atoms with van der Waals surface area (Å²) in [6.07, 6.45) is 8.74. The van der Waals surface area contributed by atoms with Gasteiger partial charge in [0, 0.05) is 36.0 Å². The highest BCUT2D eigenvalue weighted by Crippen LogP contribution is 2.65. The van der Waals surface area contributed by atoms with Crippen molar-refractivity contribution in [2.45, 2.75) is 73.1 Å². The van der Waals surface area contributed by atoms with Gasteiger partial charge in [-0.2, -0.15) is 0 Å². The number of carbonyl (C=O) groups is 4. The SMILES string of the molecule is C=C(NC(=O)NCCCCCCNC(=O)Nc1ccc(/C=C2/C(=O)C3(C)CCC2C3(C)C)cc1)N/C(=C\C(N)=O)C(C)C. The molecule has 5 amide bonds. The van der Waals surface area contributed by atoms with Gasteiger partial charge in [0.2, 0.25) is 5.91 Å². The maximum Gasteiger partial charge on any atom is 0.320 e. The molecule has 43 heavy (non-hydrogen) atoms. The number of ketones is 1. The number of anilines is 1. The van der Waals surface area contributed by atoms with Crippen molar-refractivity contribution in [3.8, 4) is 0 Å². The van der Waals surface area contributed by atoms with Gasteiger partial charge in [0.15, 0.2) is 5.78 Å². The Morgan fingerprint density at radius 2 is 1.58 bits per heavy atom. The number of amides is 5. The Kier molecular flexibility index (Phi) is 11.2. The van der Waals surface area contributed by atoms with Crippen LogP contribution < -0.4 is 32.3 Å². The third-order valence-electron chi connectivity index (χ3n) is 9.01. The van der Waals surface area contributed by atoms with E-state index in [-0.39, 0.29) is 40.4 Å². The molecule has 1 aromatic rings. The molecule has 234 valence electrons. The summed E-state index contributed by atoms with van der Waals surface area (Å²) in [4.78, 5) is 48.6. The lowest BCUT2D eigenvalue weighted by molar-refractivity contribution is -0.125. The molecule has 10 nitrogen and oxygen atoms in total. The van der Waals surface area contributed by atoms with Crippen molar-refractivity contribution >= 4 is 35.5 Å². The maximum atomic E-state index is 13.1. The molecule has 10 heteroatoms. The summed E-state index contributed by atoms with van der Waals surface area (Å²) >= 11 is 0. The third-order valence-corrected chi connectivity index (χ3v) is 9.01. The number of benzene rings is 1. The zero-order valence-corrected chi connectivity index (χ0v) is 26.2. The molecule has 2 fully saturated rings. The van der Waals surface area contributed by atoms with Gasteiger partial charge in [-0.05, 0) is 72.3 Å². The van der Waals surface area contributed by atoms with Crippen LogP contribution in [-0.4, -0.2) is 36.8 Å². The molecule has 0 aromatic heterocycles. The Morgan fingerprint density at radius 3 is 2.12 bits per heavy atom. The quantitative estimate of drug-likeness (QED) is 0.130. The number of hydrogen-bond donors (Lipinski definition) is 6. The molecule has 2 aliphatic rings. The Labute approximate surface area is 255 Å².